The SMILES string of the molecule is CCOC(=O)c1oc2ccc(OC)c(C(C)=O)c2c1C. The number of methoxy groups -OCH3 is 1. The van der Waals surface area contributed by atoms with Crippen molar-refractivity contribution in [3.63, 3.8) is 0 Å². The van der Waals surface area contributed by atoms with E-state index in [1.165, 1.54) is 14.0 Å². The zero-order valence-corrected chi connectivity index (χ0v) is 11.9. The van der Waals surface area contributed by atoms with Crippen LogP contribution in [0.2, 0.25) is 0 Å². The number of Topliss-reactive ketones (excluding diaryl/α,β-unsaturated/α-hetero) is 1. The Balaban J connectivity index is 2.75. The monoisotopic (exact) mass is 276 g/mol. The van der Waals surface area contributed by atoms with Crippen molar-refractivity contribution in [1.29, 1.82) is 0 Å². The minimum Gasteiger partial charge on any atom is -0.496 e. The molecule has 0 unspecified atom stereocenters. The molecule has 0 fully saturated rings. The molecule has 0 bridgehead atoms. The van der Waals surface area contributed by atoms with E-state index in [2.05, 4.69) is 0 Å². The summed E-state index contributed by atoms with van der Waals surface area (Å²) in [6.07, 6.45) is 0. The van der Waals surface area contributed by atoms with E-state index in [0.717, 1.165) is 0 Å². The van der Waals surface area contributed by atoms with Crippen LogP contribution in [0, 0.1) is 6.92 Å². The van der Waals surface area contributed by atoms with E-state index in [1.54, 1.807) is 26.0 Å². The van der Waals surface area contributed by atoms with Gasteiger partial charge >= 0.3 is 5.97 Å². The average Bonchev–Trinajstić information content (AvgIpc) is 2.75. The van der Waals surface area contributed by atoms with Crippen LogP contribution in [0.3, 0.4) is 0 Å². The maximum absolute atomic E-state index is 11.9. The van der Waals surface area contributed by atoms with Gasteiger partial charge in [0.15, 0.2) is 5.78 Å². The van der Waals surface area contributed by atoms with Gasteiger partial charge in [0.05, 0.1) is 19.3 Å². The summed E-state index contributed by atoms with van der Waals surface area (Å²) < 4.78 is 15.7. The topological polar surface area (TPSA) is 65.7 Å². The number of ether oxygens (including phenoxy) is 2. The standard InChI is InChI=1S/C15H16O5/c1-5-19-15(17)14-8(2)12-11(20-14)7-6-10(18-4)13(12)9(3)16/h6-7H,5H2,1-4H3. The summed E-state index contributed by atoms with van der Waals surface area (Å²) in [5.74, 6) is -0.0941. The fraction of sp³-hybridized carbons (Fsp3) is 0.333. The number of carbonyl (C=O) groups excluding carboxylic acids is 2. The van der Waals surface area contributed by atoms with Gasteiger partial charge in [0.2, 0.25) is 5.76 Å². The highest BCUT2D eigenvalue weighted by molar-refractivity contribution is 6.11. The molecule has 0 atom stereocenters. The Labute approximate surface area is 116 Å². The van der Waals surface area contributed by atoms with Gasteiger partial charge in [-0.2, -0.15) is 0 Å². The molecule has 0 radical (unpaired) electrons. The van der Waals surface area contributed by atoms with Gasteiger partial charge in [-0.05, 0) is 32.9 Å². The van der Waals surface area contributed by atoms with Crippen molar-refractivity contribution in [2.45, 2.75) is 20.8 Å². The van der Waals surface area contributed by atoms with Crippen LogP contribution in [0.25, 0.3) is 11.0 Å². The number of hydrogen-bond acceptors (Lipinski definition) is 5. The molecule has 20 heavy (non-hydrogen) atoms. The van der Waals surface area contributed by atoms with Crippen molar-refractivity contribution < 1.29 is 23.5 Å². The van der Waals surface area contributed by atoms with E-state index < -0.39 is 5.97 Å². The second-order valence-corrected chi connectivity index (χ2v) is 4.35. The predicted octanol–water partition coefficient (Wildman–Crippen LogP) is 3.13. The van der Waals surface area contributed by atoms with Crippen molar-refractivity contribution in [1.82, 2.24) is 0 Å². The van der Waals surface area contributed by atoms with Gasteiger partial charge in [-0.1, -0.05) is 0 Å². The van der Waals surface area contributed by atoms with Crippen LogP contribution in [0.5, 0.6) is 5.75 Å². The largest absolute Gasteiger partial charge is 0.496 e. The highest BCUT2D eigenvalue weighted by Gasteiger charge is 2.24. The molecule has 2 aromatic rings. The van der Waals surface area contributed by atoms with Crippen LogP contribution in [-0.2, 0) is 4.74 Å². The van der Waals surface area contributed by atoms with E-state index >= 15 is 0 Å². The van der Waals surface area contributed by atoms with Gasteiger partial charge in [0, 0.05) is 10.9 Å². The predicted molar refractivity (Wildman–Crippen MR) is 73.5 cm³/mol. The number of esters is 1. The highest BCUT2D eigenvalue weighted by atomic mass is 16.5. The fourth-order valence-electron chi connectivity index (χ4n) is 2.23. The molecule has 0 aliphatic rings. The molecule has 0 aliphatic carbocycles. The zero-order chi connectivity index (χ0) is 14.9. The maximum atomic E-state index is 11.9. The zero-order valence-electron chi connectivity index (χ0n) is 11.9. The van der Waals surface area contributed by atoms with Crippen molar-refractivity contribution >= 4 is 22.7 Å². The van der Waals surface area contributed by atoms with Gasteiger partial charge in [0.25, 0.3) is 0 Å². The normalized spacial score (nSPS) is 10.6. The number of carbonyl (C=O) groups is 2. The first-order valence-corrected chi connectivity index (χ1v) is 6.29. The molecule has 0 saturated carbocycles. The van der Waals surface area contributed by atoms with Crippen LogP contribution in [0.4, 0.5) is 0 Å². The van der Waals surface area contributed by atoms with Crippen LogP contribution in [-0.4, -0.2) is 25.5 Å². The van der Waals surface area contributed by atoms with Gasteiger partial charge in [-0.25, -0.2) is 4.79 Å². The Hall–Kier alpha value is -2.30. The molecule has 0 N–H and O–H groups in total. The van der Waals surface area contributed by atoms with Crippen molar-refractivity contribution in [2.24, 2.45) is 0 Å². The molecule has 1 aromatic heterocycles. The third-order valence-corrected chi connectivity index (χ3v) is 3.09. The van der Waals surface area contributed by atoms with Gasteiger partial charge in [-0.15, -0.1) is 0 Å². The Bertz CT molecular complexity index is 681. The minimum absolute atomic E-state index is 0.123. The van der Waals surface area contributed by atoms with E-state index in [1.807, 2.05) is 0 Å². The molecular weight excluding hydrogens is 260 g/mol. The van der Waals surface area contributed by atoms with E-state index in [-0.39, 0.29) is 18.2 Å². The minimum atomic E-state index is -0.533. The Morgan fingerprint density at radius 1 is 1.30 bits per heavy atom. The Morgan fingerprint density at radius 3 is 2.55 bits per heavy atom. The number of ketones is 1. The molecule has 2 rings (SSSR count). The van der Waals surface area contributed by atoms with Crippen molar-refractivity contribution in [3.8, 4) is 5.75 Å². The molecule has 5 heteroatoms. The van der Waals surface area contributed by atoms with Crippen LogP contribution >= 0.6 is 0 Å². The number of fused-ring (bicyclic) bond motifs is 1. The summed E-state index contributed by atoms with van der Waals surface area (Å²) in [6, 6.07) is 3.33. The number of furan rings is 1. The molecule has 0 aliphatic heterocycles. The second kappa shape index (κ2) is 5.36. The molecule has 0 amide bonds. The van der Waals surface area contributed by atoms with Crippen LogP contribution in [0.1, 0.15) is 40.3 Å². The third-order valence-electron chi connectivity index (χ3n) is 3.09. The lowest BCUT2D eigenvalue weighted by atomic mass is 10.0. The number of benzene rings is 1. The van der Waals surface area contributed by atoms with E-state index in [4.69, 9.17) is 13.9 Å². The van der Waals surface area contributed by atoms with Crippen molar-refractivity contribution in [2.75, 3.05) is 13.7 Å². The Morgan fingerprint density at radius 2 is 2.00 bits per heavy atom. The summed E-state index contributed by atoms with van der Waals surface area (Å²) in [7, 11) is 1.50. The van der Waals surface area contributed by atoms with Gasteiger partial charge in [-0.3, -0.25) is 4.79 Å². The molecule has 0 spiro atoms. The highest BCUT2D eigenvalue weighted by Crippen LogP contribution is 2.34. The number of hydrogen-bond donors (Lipinski definition) is 0. The molecule has 106 valence electrons. The first kappa shape index (κ1) is 14.1. The summed E-state index contributed by atoms with van der Waals surface area (Å²) in [5.41, 5.74) is 1.47. The Kier molecular flexibility index (Phi) is 3.79. The second-order valence-electron chi connectivity index (χ2n) is 4.35. The average molecular weight is 276 g/mol. The van der Waals surface area contributed by atoms with E-state index in [9.17, 15) is 9.59 Å². The summed E-state index contributed by atoms with van der Waals surface area (Å²) in [5, 5.41) is 0.597. The molecular formula is C15H16O5. The lowest BCUT2D eigenvalue weighted by Crippen LogP contribution is -2.05. The molecule has 1 aromatic carbocycles. The first-order valence-electron chi connectivity index (χ1n) is 6.29. The molecule has 5 nitrogen and oxygen atoms in total. The summed E-state index contributed by atoms with van der Waals surface area (Å²) in [4.78, 5) is 23.7. The molecule has 0 saturated heterocycles. The third kappa shape index (κ3) is 2.15. The lowest BCUT2D eigenvalue weighted by molar-refractivity contribution is 0.0491. The number of rotatable bonds is 4. The van der Waals surface area contributed by atoms with Crippen molar-refractivity contribution in [3.05, 3.63) is 29.0 Å². The summed E-state index contributed by atoms with van der Waals surface area (Å²) >= 11 is 0. The molecule has 1 heterocycles. The number of aryl methyl sites for hydroxylation is 1. The van der Waals surface area contributed by atoms with Gasteiger partial charge < -0.3 is 13.9 Å². The van der Waals surface area contributed by atoms with Crippen LogP contribution in [0.15, 0.2) is 16.5 Å². The fourth-order valence-corrected chi connectivity index (χ4v) is 2.23. The smallest absolute Gasteiger partial charge is 0.374 e. The van der Waals surface area contributed by atoms with Crippen LogP contribution < -0.4 is 4.74 Å². The summed E-state index contributed by atoms with van der Waals surface area (Å²) in [6.45, 7) is 5.16. The van der Waals surface area contributed by atoms with E-state index in [0.29, 0.717) is 27.8 Å². The maximum Gasteiger partial charge on any atom is 0.374 e. The lowest BCUT2D eigenvalue weighted by Gasteiger charge is -2.06. The quantitative estimate of drug-likeness (QED) is 0.634. The first-order chi connectivity index (χ1) is 9.51. The van der Waals surface area contributed by atoms with Gasteiger partial charge in [0.1, 0.15) is 11.3 Å².